The lowest BCUT2D eigenvalue weighted by molar-refractivity contribution is 0.0529. The molecular weight excluding hydrogens is 436 g/mol. The molecule has 0 atom stereocenters. The number of carbonyl (C=O) groups excluding carboxylic acids is 1. The molecule has 0 saturated heterocycles. The molecule has 9 heteroatoms. The van der Waals surface area contributed by atoms with Crippen LogP contribution in [0.1, 0.15) is 56.7 Å². The number of aromatic nitrogens is 1. The highest BCUT2D eigenvalue weighted by molar-refractivity contribution is 7.09. The van der Waals surface area contributed by atoms with Gasteiger partial charge in [0.1, 0.15) is 11.4 Å². The molecule has 0 fully saturated rings. The smallest absolute Gasteiger partial charge is 0.428 e. The lowest BCUT2D eigenvalue weighted by atomic mass is 10.2. The van der Waals surface area contributed by atoms with E-state index in [1.165, 1.54) is 4.88 Å². The number of carbonyl (C=O) groups is 1. The Labute approximate surface area is 192 Å². The van der Waals surface area contributed by atoms with Gasteiger partial charge in [-0.25, -0.2) is 10.2 Å². The van der Waals surface area contributed by atoms with Gasteiger partial charge in [0, 0.05) is 22.1 Å². The number of hydrogen-bond donors (Lipinski definition) is 1. The molecule has 2 rings (SSSR count). The zero-order valence-corrected chi connectivity index (χ0v) is 20.8. The Morgan fingerprint density at radius 3 is 2.61 bits per heavy atom. The fourth-order valence-corrected chi connectivity index (χ4v) is 3.93. The summed E-state index contributed by atoms with van der Waals surface area (Å²) in [6, 6.07) is 5.18. The van der Waals surface area contributed by atoms with E-state index in [4.69, 9.17) is 26.1 Å². The van der Waals surface area contributed by atoms with E-state index in [1.807, 2.05) is 0 Å². The lowest BCUT2D eigenvalue weighted by Gasteiger charge is -2.18. The second kappa shape index (κ2) is 10.8. The normalized spacial score (nSPS) is 12.8. The van der Waals surface area contributed by atoms with Gasteiger partial charge in [0.15, 0.2) is 10.6 Å². The third-order valence-electron chi connectivity index (χ3n) is 4.38. The van der Waals surface area contributed by atoms with Crippen molar-refractivity contribution < 1.29 is 14.3 Å². The lowest BCUT2D eigenvalue weighted by Crippen LogP contribution is -2.30. The van der Waals surface area contributed by atoms with E-state index in [1.54, 1.807) is 57.4 Å². The Balaban J connectivity index is 2.60. The SMILES string of the molecule is CCCCn1c(C)c(C)sc1=N/C(=N\NC(=O)OC(C)(C)C)c1cc(Cl)ccc1OC. The number of thiazole rings is 1. The highest BCUT2D eigenvalue weighted by Gasteiger charge is 2.17. The number of amidine groups is 1. The number of amides is 1. The highest BCUT2D eigenvalue weighted by atomic mass is 35.5. The van der Waals surface area contributed by atoms with E-state index in [2.05, 4.69) is 35.9 Å². The summed E-state index contributed by atoms with van der Waals surface area (Å²) in [5.41, 5.74) is 3.53. The van der Waals surface area contributed by atoms with Crippen LogP contribution in [0.25, 0.3) is 0 Å². The van der Waals surface area contributed by atoms with Gasteiger partial charge in [-0.1, -0.05) is 24.9 Å². The van der Waals surface area contributed by atoms with Gasteiger partial charge in [-0.15, -0.1) is 16.4 Å². The molecule has 1 heterocycles. The number of hydrazone groups is 1. The number of aryl methyl sites for hydroxylation is 1. The van der Waals surface area contributed by atoms with Crippen LogP contribution in [-0.2, 0) is 11.3 Å². The second-order valence-electron chi connectivity index (χ2n) is 8.04. The molecule has 1 N–H and O–H groups in total. The van der Waals surface area contributed by atoms with Crippen molar-refractivity contribution in [2.24, 2.45) is 10.1 Å². The Morgan fingerprint density at radius 1 is 1.29 bits per heavy atom. The summed E-state index contributed by atoms with van der Waals surface area (Å²) in [6.45, 7) is 12.5. The molecule has 0 bridgehead atoms. The van der Waals surface area contributed by atoms with Crippen LogP contribution >= 0.6 is 22.9 Å². The number of methoxy groups -OCH3 is 1. The molecule has 0 aliphatic carbocycles. The van der Waals surface area contributed by atoms with Crippen LogP contribution in [0, 0.1) is 13.8 Å². The molecule has 2 aromatic rings. The van der Waals surface area contributed by atoms with Crippen LogP contribution in [0.5, 0.6) is 5.75 Å². The zero-order chi connectivity index (χ0) is 23.2. The third kappa shape index (κ3) is 7.11. The van der Waals surface area contributed by atoms with E-state index in [9.17, 15) is 4.79 Å². The van der Waals surface area contributed by atoms with E-state index >= 15 is 0 Å². The summed E-state index contributed by atoms with van der Waals surface area (Å²) in [7, 11) is 1.56. The van der Waals surface area contributed by atoms with Gasteiger partial charge in [-0.3, -0.25) is 0 Å². The van der Waals surface area contributed by atoms with Crippen LogP contribution in [0.4, 0.5) is 4.79 Å². The summed E-state index contributed by atoms with van der Waals surface area (Å²) < 4.78 is 12.9. The Kier molecular flexibility index (Phi) is 8.70. The number of nitrogens with zero attached hydrogens (tertiary/aromatic N) is 3. The van der Waals surface area contributed by atoms with Crippen molar-refractivity contribution in [2.45, 2.75) is 66.5 Å². The molecule has 0 unspecified atom stereocenters. The van der Waals surface area contributed by atoms with Gasteiger partial charge < -0.3 is 14.0 Å². The number of benzene rings is 1. The largest absolute Gasteiger partial charge is 0.496 e. The van der Waals surface area contributed by atoms with E-state index in [0.717, 1.165) is 29.9 Å². The van der Waals surface area contributed by atoms with E-state index in [0.29, 0.717) is 16.3 Å². The van der Waals surface area contributed by atoms with Crippen molar-refractivity contribution in [1.82, 2.24) is 9.99 Å². The summed E-state index contributed by atoms with van der Waals surface area (Å²) in [5, 5.41) is 4.77. The summed E-state index contributed by atoms with van der Waals surface area (Å²) in [4.78, 5) is 19.0. The predicted molar refractivity (Wildman–Crippen MR) is 126 cm³/mol. The first kappa shape index (κ1) is 24.9. The average molecular weight is 467 g/mol. The summed E-state index contributed by atoms with van der Waals surface area (Å²) >= 11 is 7.81. The molecule has 1 aromatic heterocycles. The van der Waals surface area contributed by atoms with Crippen molar-refractivity contribution in [3.63, 3.8) is 0 Å². The molecule has 1 aromatic carbocycles. The number of halogens is 1. The first-order chi connectivity index (χ1) is 14.6. The minimum atomic E-state index is -0.668. The van der Waals surface area contributed by atoms with Crippen molar-refractivity contribution in [1.29, 1.82) is 0 Å². The van der Waals surface area contributed by atoms with Gasteiger partial charge in [0.2, 0.25) is 0 Å². The second-order valence-corrected chi connectivity index (χ2v) is 9.66. The minimum absolute atomic E-state index is 0.275. The van der Waals surface area contributed by atoms with Crippen molar-refractivity contribution in [3.8, 4) is 5.75 Å². The number of unbranched alkanes of at least 4 members (excludes halogenated alkanes) is 1. The van der Waals surface area contributed by atoms with Crippen LogP contribution < -0.4 is 15.0 Å². The molecule has 31 heavy (non-hydrogen) atoms. The molecule has 7 nitrogen and oxygen atoms in total. The molecule has 0 aliphatic rings. The van der Waals surface area contributed by atoms with Crippen LogP contribution in [0.15, 0.2) is 28.3 Å². The molecule has 0 spiro atoms. The van der Waals surface area contributed by atoms with Crippen LogP contribution in [0.3, 0.4) is 0 Å². The Hall–Kier alpha value is -2.32. The van der Waals surface area contributed by atoms with Gasteiger partial charge in [0.25, 0.3) is 0 Å². The van der Waals surface area contributed by atoms with Crippen molar-refractivity contribution in [2.75, 3.05) is 7.11 Å². The molecule has 0 radical (unpaired) electrons. The van der Waals surface area contributed by atoms with Gasteiger partial charge >= 0.3 is 6.09 Å². The zero-order valence-electron chi connectivity index (χ0n) is 19.2. The Morgan fingerprint density at radius 2 is 2.00 bits per heavy atom. The number of ether oxygens (including phenoxy) is 2. The van der Waals surface area contributed by atoms with Crippen molar-refractivity contribution >= 4 is 34.9 Å². The van der Waals surface area contributed by atoms with Gasteiger partial charge in [-0.05, 0) is 59.2 Å². The standard InChI is InChI=1S/C22H31ClN4O3S/c1-8-9-12-27-14(2)15(3)31-20(27)24-19(25-26-21(28)30-22(4,5)6)17-13-16(23)10-11-18(17)29-7/h10-11,13H,8-9,12H2,1-7H3,(H,26,28)/b24-20?,25-19-. The number of nitrogens with one attached hydrogen (secondary N) is 1. The van der Waals surface area contributed by atoms with Crippen LogP contribution in [0.2, 0.25) is 5.02 Å². The van der Waals surface area contributed by atoms with E-state index < -0.39 is 11.7 Å². The van der Waals surface area contributed by atoms with Crippen molar-refractivity contribution in [3.05, 3.63) is 44.2 Å². The van der Waals surface area contributed by atoms with E-state index in [-0.39, 0.29) is 5.84 Å². The summed E-state index contributed by atoms with van der Waals surface area (Å²) in [6.07, 6.45) is 1.44. The predicted octanol–water partition coefficient (Wildman–Crippen LogP) is 5.42. The Bertz CT molecular complexity index is 1020. The minimum Gasteiger partial charge on any atom is -0.496 e. The molecular formula is C22H31ClN4O3S. The monoisotopic (exact) mass is 466 g/mol. The highest BCUT2D eigenvalue weighted by Crippen LogP contribution is 2.24. The number of hydrogen-bond acceptors (Lipinski definition) is 5. The molecule has 0 aliphatic heterocycles. The van der Waals surface area contributed by atoms with Crippen LogP contribution in [-0.4, -0.2) is 29.2 Å². The quantitative estimate of drug-likeness (QED) is 0.351. The maximum absolute atomic E-state index is 12.2. The maximum Gasteiger partial charge on any atom is 0.428 e. The third-order valence-corrected chi connectivity index (χ3v) is 5.71. The number of rotatable bonds is 6. The maximum atomic E-state index is 12.2. The van der Waals surface area contributed by atoms with Gasteiger partial charge in [-0.2, -0.15) is 4.99 Å². The first-order valence-corrected chi connectivity index (χ1v) is 11.4. The van der Waals surface area contributed by atoms with Gasteiger partial charge in [0.05, 0.1) is 12.7 Å². The average Bonchev–Trinajstić information content (AvgIpc) is 2.95. The first-order valence-electron chi connectivity index (χ1n) is 10.2. The molecule has 0 saturated carbocycles. The fourth-order valence-electron chi connectivity index (χ4n) is 2.75. The summed E-state index contributed by atoms with van der Waals surface area (Å²) in [5.74, 6) is 0.819. The molecule has 170 valence electrons. The molecule has 1 amide bonds. The fraction of sp³-hybridized carbons (Fsp3) is 0.500. The topological polar surface area (TPSA) is 77.2 Å².